The number of aliphatic imine (C=N–C) groups is 1. The van der Waals surface area contributed by atoms with Crippen LogP contribution in [0.3, 0.4) is 0 Å². The second kappa shape index (κ2) is 6.19. The molecule has 1 atom stereocenters. The zero-order valence-corrected chi connectivity index (χ0v) is 16.0. The number of ether oxygens (including phenoxy) is 1. The third kappa shape index (κ3) is 2.82. The highest BCUT2D eigenvalue weighted by atomic mass is 19.1. The summed E-state index contributed by atoms with van der Waals surface area (Å²) < 4.78 is 19.0. The van der Waals surface area contributed by atoms with Gasteiger partial charge < -0.3 is 9.64 Å². The summed E-state index contributed by atoms with van der Waals surface area (Å²) >= 11 is 0. The Morgan fingerprint density at radius 3 is 2.63 bits per heavy atom. The van der Waals surface area contributed by atoms with Crippen LogP contribution >= 0.6 is 0 Å². The van der Waals surface area contributed by atoms with Crippen LogP contribution in [0, 0.1) is 5.82 Å². The Hall–Kier alpha value is -2.69. The molecule has 5 heteroatoms. The molecule has 0 unspecified atom stereocenters. The van der Waals surface area contributed by atoms with Crippen LogP contribution in [0.5, 0.6) is 5.75 Å². The molecule has 27 heavy (non-hydrogen) atoms. The largest absolute Gasteiger partial charge is 0.494 e. The van der Waals surface area contributed by atoms with Crippen LogP contribution in [-0.2, 0) is 4.79 Å². The minimum Gasteiger partial charge on any atom is -0.494 e. The number of benzene rings is 2. The van der Waals surface area contributed by atoms with E-state index in [-0.39, 0.29) is 17.3 Å². The number of nitrogens with zero attached hydrogens (tertiary/aromatic N) is 2. The number of hydrogen-bond acceptors (Lipinski definition) is 3. The number of hydrogen-bond donors (Lipinski definition) is 0. The molecule has 2 aromatic rings. The SMILES string of the molecule is CCOc1cc2c3c(c1)[C@H](C)CC(C)(C)N3C(=O)C2=Nc1ccc(F)cc1. The molecular weight excluding hydrogens is 343 g/mol. The van der Waals surface area contributed by atoms with Gasteiger partial charge in [-0.3, -0.25) is 4.79 Å². The molecule has 0 saturated heterocycles. The lowest BCUT2D eigenvalue weighted by atomic mass is 9.80. The van der Waals surface area contributed by atoms with Crippen LogP contribution in [0.1, 0.15) is 51.2 Å². The standard InChI is InChI=1S/C22H23FN2O2/c1-5-27-16-10-17-13(2)12-22(3,4)25-20(17)18(11-16)19(21(25)26)24-15-8-6-14(23)7-9-15/h6-11,13H,5,12H2,1-4H3/t13-/m1/s1. The molecule has 0 saturated carbocycles. The topological polar surface area (TPSA) is 41.9 Å². The van der Waals surface area contributed by atoms with Crippen LogP contribution in [0.25, 0.3) is 0 Å². The van der Waals surface area contributed by atoms with Gasteiger partial charge in [-0.25, -0.2) is 9.38 Å². The quantitative estimate of drug-likeness (QED) is 0.769. The summed E-state index contributed by atoms with van der Waals surface area (Å²) in [6.07, 6.45) is 0.866. The molecule has 140 valence electrons. The second-order valence-corrected chi connectivity index (χ2v) is 7.84. The molecule has 0 spiro atoms. The molecule has 4 rings (SSSR count). The Morgan fingerprint density at radius 1 is 1.26 bits per heavy atom. The molecule has 0 fully saturated rings. The minimum absolute atomic E-state index is 0.110. The van der Waals surface area contributed by atoms with E-state index in [0.717, 1.165) is 29.0 Å². The van der Waals surface area contributed by atoms with E-state index in [1.54, 1.807) is 12.1 Å². The highest BCUT2D eigenvalue weighted by Gasteiger charge is 2.48. The number of carbonyl (C=O) groups excluding carboxylic acids is 1. The smallest absolute Gasteiger partial charge is 0.278 e. The third-order valence-corrected chi connectivity index (χ3v) is 5.32. The van der Waals surface area contributed by atoms with E-state index >= 15 is 0 Å². The molecule has 2 aliphatic heterocycles. The summed E-state index contributed by atoms with van der Waals surface area (Å²) in [6.45, 7) is 8.86. The Balaban J connectivity index is 1.94. The van der Waals surface area contributed by atoms with Crippen molar-refractivity contribution in [2.24, 2.45) is 4.99 Å². The van der Waals surface area contributed by atoms with Crippen molar-refractivity contribution in [3.8, 4) is 5.75 Å². The normalized spacial score (nSPS) is 21.5. The van der Waals surface area contributed by atoms with Gasteiger partial charge in [0.2, 0.25) is 0 Å². The van der Waals surface area contributed by atoms with Crippen molar-refractivity contribution in [1.82, 2.24) is 0 Å². The molecule has 2 heterocycles. The summed E-state index contributed by atoms with van der Waals surface area (Å²) in [5, 5.41) is 0. The van der Waals surface area contributed by atoms with Crippen LogP contribution in [0.2, 0.25) is 0 Å². The molecule has 0 bridgehead atoms. The Labute approximate surface area is 158 Å². The fourth-order valence-electron chi connectivity index (χ4n) is 4.29. The molecule has 0 aliphatic carbocycles. The lowest BCUT2D eigenvalue weighted by molar-refractivity contribution is -0.113. The third-order valence-electron chi connectivity index (χ3n) is 5.32. The molecular formula is C22H23FN2O2. The average molecular weight is 366 g/mol. The first-order chi connectivity index (χ1) is 12.8. The number of anilines is 1. The number of halogens is 1. The van der Waals surface area contributed by atoms with Crippen molar-refractivity contribution in [3.05, 3.63) is 53.3 Å². The maximum atomic E-state index is 13.3. The summed E-state index contributed by atoms with van der Waals surface area (Å²) in [5.41, 5.74) is 3.50. The summed E-state index contributed by atoms with van der Waals surface area (Å²) in [6, 6.07) is 9.81. The lowest BCUT2D eigenvalue weighted by Gasteiger charge is -2.43. The van der Waals surface area contributed by atoms with Crippen molar-refractivity contribution in [1.29, 1.82) is 0 Å². The van der Waals surface area contributed by atoms with Gasteiger partial charge in [-0.15, -0.1) is 0 Å². The van der Waals surface area contributed by atoms with E-state index in [2.05, 4.69) is 25.8 Å². The molecule has 0 N–H and O–H groups in total. The van der Waals surface area contributed by atoms with Crippen molar-refractivity contribution in [2.45, 2.75) is 45.6 Å². The zero-order valence-electron chi connectivity index (χ0n) is 16.0. The van der Waals surface area contributed by atoms with Crippen molar-refractivity contribution >= 4 is 23.0 Å². The summed E-state index contributed by atoms with van der Waals surface area (Å²) in [4.78, 5) is 19.8. The first-order valence-corrected chi connectivity index (χ1v) is 9.31. The van der Waals surface area contributed by atoms with Gasteiger partial charge in [-0.05, 0) is 75.1 Å². The van der Waals surface area contributed by atoms with Gasteiger partial charge in [-0.2, -0.15) is 0 Å². The first kappa shape index (κ1) is 17.7. The van der Waals surface area contributed by atoms with Crippen LogP contribution in [0.15, 0.2) is 41.4 Å². The maximum absolute atomic E-state index is 13.3. The van der Waals surface area contributed by atoms with Gasteiger partial charge in [-0.1, -0.05) is 6.92 Å². The highest BCUT2D eigenvalue weighted by Crippen LogP contribution is 2.50. The van der Waals surface area contributed by atoms with E-state index in [1.807, 2.05) is 24.0 Å². The monoisotopic (exact) mass is 366 g/mol. The molecule has 2 aromatic carbocycles. The lowest BCUT2D eigenvalue weighted by Crippen LogP contribution is -2.50. The number of carbonyl (C=O) groups is 1. The fraction of sp³-hybridized carbons (Fsp3) is 0.364. The van der Waals surface area contributed by atoms with Crippen molar-refractivity contribution in [3.63, 3.8) is 0 Å². The number of amides is 1. The minimum atomic E-state index is -0.326. The van der Waals surface area contributed by atoms with E-state index in [9.17, 15) is 9.18 Å². The van der Waals surface area contributed by atoms with Gasteiger partial charge in [0.15, 0.2) is 0 Å². The van der Waals surface area contributed by atoms with E-state index in [0.29, 0.717) is 23.9 Å². The predicted octanol–water partition coefficient (Wildman–Crippen LogP) is 4.98. The summed E-state index contributed by atoms with van der Waals surface area (Å²) in [5.74, 6) is 0.622. The van der Waals surface area contributed by atoms with E-state index in [4.69, 9.17) is 4.74 Å². The molecule has 0 radical (unpaired) electrons. The van der Waals surface area contributed by atoms with Crippen LogP contribution in [0.4, 0.5) is 15.8 Å². The van der Waals surface area contributed by atoms with Crippen molar-refractivity contribution < 1.29 is 13.9 Å². The first-order valence-electron chi connectivity index (χ1n) is 9.31. The second-order valence-electron chi connectivity index (χ2n) is 7.84. The average Bonchev–Trinajstić information content (AvgIpc) is 2.88. The molecule has 1 amide bonds. The predicted molar refractivity (Wildman–Crippen MR) is 105 cm³/mol. The van der Waals surface area contributed by atoms with Gasteiger partial charge in [0.05, 0.1) is 18.0 Å². The molecule has 4 nitrogen and oxygen atoms in total. The molecule has 2 aliphatic rings. The van der Waals surface area contributed by atoms with Crippen molar-refractivity contribution in [2.75, 3.05) is 11.5 Å². The molecule has 0 aromatic heterocycles. The van der Waals surface area contributed by atoms with Gasteiger partial charge in [0.1, 0.15) is 17.3 Å². The van der Waals surface area contributed by atoms with Gasteiger partial charge >= 0.3 is 0 Å². The number of rotatable bonds is 3. The Bertz CT molecular complexity index is 948. The van der Waals surface area contributed by atoms with Crippen LogP contribution < -0.4 is 9.64 Å². The van der Waals surface area contributed by atoms with Gasteiger partial charge in [0.25, 0.3) is 5.91 Å². The highest BCUT2D eigenvalue weighted by molar-refractivity contribution is 6.55. The Morgan fingerprint density at radius 2 is 1.96 bits per heavy atom. The zero-order chi connectivity index (χ0) is 19.3. The fourth-order valence-corrected chi connectivity index (χ4v) is 4.29. The van der Waals surface area contributed by atoms with E-state index in [1.165, 1.54) is 12.1 Å². The van der Waals surface area contributed by atoms with E-state index < -0.39 is 0 Å². The Kier molecular flexibility index (Phi) is 4.06. The summed E-state index contributed by atoms with van der Waals surface area (Å²) in [7, 11) is 0. The maximum Gasteiger partial charge on any atom is 0.278 e. The van der Waals surface area contributed by atoms with Gasteiger partial charge in [0, 0.05) is 11.1 Å². The van der Waals surface area contributed by atoms with Crippen LogP contribution in [-0.4, -0.2) is 23.8 Å².